The van der Waals surface area contributed by atoms with Gasteiger partial charge >= 0.3 is 0 Å². The molecule has 1 aromatic carbocycles. The van der Waals surface area contributed by atoms with Crippen LogP contribution in [-0.4, -0.2) is 47.1 Å². The van der Waals surface area contributed by atoms with Crippen LogP contribution in [0.5, 0.6) is 0 Å². The second-order valence-electron chi connectivity index (χ2n) is 7.12. The second kappa shape index (κ2) is 7.24. The zero-order valence-electron chi connectivity index (χ0n) is 15.3. The molecule has 2 aromatic rings. The molecule has 2 atom stereocenters. The van der Waals surface area contributed by atoms with Crippen molar-refractivity contribution >= 4 is 17.0 Å². The number of aliphatic imine (C=N–C) groups is 1. The summed E-state index contributed by atoms with van der Waals surface area (Å²) < 4.78 is 2.27. The van der Waals surface area contributed by atoms with Crippen molar-refractivity contribution in [3.8, 4) is 0 Å². The zero-order chi connectivity index (χ0) is 17.1. The largest absolute Gasteiger partial charge is 0.354 e. The third-order valence-electron chi connectivity index (χ3n) is 4.84. The van der Waals surface area contributed by atoms with Crippen molar-refractivity contribution < 1.29 is 0 Å². The van der Waals surface area contributed by atoms with Gasteiger partial charge in [-0.3, -0.25) is 4.99 Å². The number of aromatic nitrogens is 2. The van der Waals surface area contributed by atoms with E-state index < -0.39 is 0 Å². The molecule has 0 spiro atoms. The molecule has 0 radical (unpaired) electrons. The van der Waals surface area contributed by atoms with Crippen molar-refractivity contribution in [2.24, 2.45) is 16.8 Å². The molecule has 130 valence electrons. The van der Waals surface area contributed by atoms with Crippen molar-refractivity contribution in [1.82, 2.24) is 19.8 Å². The number of nitrogens with one attached hydrogen (secondary N) is 1. The average molecular weight is 327 g/mol. The van der Waals surface area contributed by atoms with Gasteiger partial charge in [-0.1, -0.05) is 26.0 Å². The minimum atomic E-state index is 0.729. The summed E-state index contributed by atoms with van der Waals surface area (Å²) >= 11 is 0. The number of hydrogen-bond acceptors (Lipinski definition) is 2. The summed E-state index contributed by atoms with van der Waals surface area (Å²) in [7, 11) is 1.88. The van der Waals surface area contributed by atoms with Gasteiger partial charge in [-0.25, -0.2) is 4.98 Å². The Morgan fingerprint density at radius 1 is 1.25 bits per heavy atom. The monoisotopic (exact) mass is 327 g/mol. The summed E-state index contributed by atoms with van der Waals surface area (Å²) in [6.07, 6.45) is 1.31. The predicted molar refractivity (Wildman–Crippen MR) is 100 cm³/mol. The van der Waals surface area contributed by atoms with Gasteiger partial charge in [0.25, 0.3) is 0 Å². The topological polar surface area (TPSA) is 45.5 Å². The highest BCUT2D eigenvalue weighted by atomic mass is 15.3. The number of benzene rings is 1. The van der Waals surface area contributed by atoms with Crippen LogP contribution in [0.15, 0.2) is 29.3 Å². The normalized spacial score (nSPS) is 22.2. The van der Waals surface area contributed by atoms with E-state index >= 15 is 0 Å². The quantitative estimate of drug-likeness (QED) is 0.696. The highest BCUT2D eigenvalue weighted by Gasteiger charge is 2.23. The van der Waals surface area contributed by atoms with Gasteiger partial charge in [0.05, 0.1) is 11.0 Å². The fourth-order valence-corrected chi connectivity index (χ4v) is 3.93. The number of fused-ring (bicyclic) bond motifs is 1. The number of nitrogens with zero attached hydrogens (tertiary/aromatic N) is 4. The molecule has 1 fully saturated rings. The van der Waals surface area contributed by atoms with E-state index in [1.807, 2.05) is 13.1 Å². The lowest BCUT2D eigenvalue weighted by atomic mass is 9.92. The minimum absolute atomic E-state index is 0.729. The minimum Gasteiger partial charge on any atom is -0.354 e. The van der Waals surface area contributed by atoms with Crippen LogP contribution in [0.3, 0.4) is 0 Å². The first-order chi connectivity index (χ1) is 11.6. The van der Waals surface area contributed by atoms with E-state index in [1.165, 1.54) is 11.9 Å². The smallest absolute Gasteiger partial charge is 0.193 e. The summed E-state index contributed by atoms with van der Waals surface area (Å²) in [6, 6.07) is 8.32. The second-order valence-corrected chi connectivity index (χ2v) is 7.12. The molecule has 0 aliphatic carbocycles. The van der Waals surface area contributed by atoms with Crippen LogP contribution >= 0.6 is 0 Å². The Kier molecular flexibility index (Phi) is 5.07. The van der Waals surface area contributed by atoms with Crippen molar-refractivity contribution in [2.75, 3.05) is 26.7 Å². The fraction of sp³-hybridized carbons (Fsp3) is 0.579. The predicted octanol–water partition coefficient (Wildman–Crippen LogP) is 2.90. The van der Waals surface area contributed by atoms with E-state index in [1.54, 1.807) is 0 Å². The Labute approximate surface area is 144 Å². The van der Waals surface area contributed by atoms with Crippen molar-refractivity contribution in [3.05, 3.63) is 30.1 Å². The number of rotatable bonds is 3. The molecule has 0 bridgehead atoms. The Morgan fingerprint density at radius 3 is 2.67 bits per heavy atom. The van der Waals surface area contributed by atoms with Crippen LogP contribution < -0.4 is 5.32 Å². The Hall–Kier alpha value is -2.04. The summed E-state index contributed by atoms with van der Waals surface area (Å²) in [5.74, 6) is 3.54. The van der Waals surface area contributed by atoms with Crippen molar-refractivity contribution in [2.45, 2.75) is 33.7 Å². The summed E-state index contributed by atoms with van der Waals surface area (Å²) in [6.45, 7) is 10.7. The van der Waals surface area contributed by atoms with Crippen LogP contribution in [0.25, 0.3) is 11.0 Å². The van der Waals surface area contributed by atoms with Crippen molar-refractivity contribution in [3.63, 3.8) is 0 Å². The molecule has 24 heavy (non-hydrogen) atoms. The zero-order valence-corrected chi connectivity index (χ0v) is 15.3. The van der Waals surface area contributed by atoms with Gasteiger partial charge in [0, 0.05) is 33.2 Å². The summed E-state index contributed by atoms with van der Waals surface area (Å²) in [4.78, 5) is 11.5. The maximum absolute atomic E-state index is 4.64. The van der Waals surface area contributed by atoms with Crippen LogP contribution in [0.2, 0.25) is 0 Å². The fourth-order valence-electron chi connectivity index (χ4n) is 3.93. The molecule has 1 aliphatic heterocycles. The van der Waals surface area contributed by atoms with E-state index in [4.69, 9.17) is 0 Å². The molecule has 2 heterocycles. The molecular weight excluding hydrogens is 298 g/mol. The molecule has 5 nitrogen and oxygen atoms in total. The molecule has 1 aromatic heterocycles. The number of para-hydroxylation sites is 2. The lowest BCUT2D eigenvalue weighted by Crippen LogP contribution is -2.49. The number of guanidine groups is 1. The summed E-state index contributed by atoms with van der Waals surface area (Å²) in [5, 5.41) is 3.54. The number of hydrogen-bond donors (Lipinski definition) is 1. The number of imidazole rings is 1. The maximum Gasteiger partial charge on any atom is 0.193 e. The van der Waals surface area contributed by atoms with Crippen molar-refractivity contribution in [1.29, 1.82) is 0 Å². The number of likely N-dealkylation sites (tertiary alicyclic amines) is 1. The highest BCUT2D eigenvalue weighted by Crippen LogP contribution is 2.21. The molecule has 1 N–H and O–H groups in total. The molecule has 3 rings (SSSR count). The van der Waals surface area contributed by atoms with Crippen LogP contribution in [0.1, 0.15) is 26.1 Å². The molecule has 5 heteroatoms. The highest BCUT2D eigenvalue weighted by molar-refractivity contribution is 5.80. The molecule has 1 saturated heterocycles. The first-order valence-corrected chi connectivity index (χ1v) is 8.96. The molecule has 2 unspecified atom stereocenters. The van der Waals surface area contributed by atoms with E-state index in [0.29, 0.717) is 0 Å². The summed E-state index contributed by atoms with van der Waals surface area (Å²) in [5.41, 5.74) is 2.27. The molecular formula is C19H29N5. The SMILES string of the molecule is CN=C(NCCn1c(C)nc2ccccc21)N1CC(C)CC(C)C1. The van der Waals surface area contributed by atoms with Gasteiger partial charge in [0.2, 0.25) is 0 Å². The maximum atomic E-state index is 4.64. The first-order valence-electron chi connectivity index (χ1n) is 8.96. The van der Waals surface area contributed by atoms with E-state index in [-0.39, 0.29) is 0 Å². The standard InChI is InChI=1S/C19H29N5/c1-14-11-15(2)13-23(12-14)19(20-4)21-9-10-24-16(3)22-17-7-5-6-8-18(17)24/h5-8,14-15H,9-13H2,1-4H3,(H,20,21). The van der Waals surface area contributed by atoms with Crippen LogP contribution in [0, 0.1) is 18.8 Å². The Bertz CT molecular complexity index is 708. The van der Waals surface area contributed by atoms with Gasteiger partial charge in [0.1, 0.15) is 5.82 Å². The van der Waals surface area contributed by atoms with Gasteiger partial charge in [-0.15, -0.1) is 0 Å². The van der Waals surface area contributed by atoms with Crippen LogP contribution in [-0.2, 0) is 6.54 Å². The van der Waals surface area contributed by atoms with Gasteiger partial charge in [-0.05, 0) is 37.3 Å². The molecule has 0 amide bonds. The van der Waals surface area contributed by atoms with E-state index in [9.17, 15) is 0 Å². The number of piperidine rings is 1. The Balaban J connectivity index is 1.63. The molecule has 0 saturated carbocycles. The van der Waals surface area contributed by atoms with E-state index in [2.05, 4.69) is 63.7 Å². The van der Waals surface area contributed by atoms with E-state index in [0.717, 1.165) is 55.3 Å². The first kappa shape index (κ1) is 16.8. The lowest BCUT2D eigenvalue weighted by molar-refractivity contribution is 0.208. The van der Waals surface area contributed by atoms with Gasteiger partial charge < -0.3 is 14.8 Å². The molecule has 1 aliphatic rings. The Morgan fingerprint density at radius 2 is 1.96 bits per heavy atom. The van der Waals surface area contributed by atoms with Crippen LogP contribution in [0.4, 0.5) is 0 Å². The number of aryl methyl sites for hydroxylation is 1. The third kappa shape index (κ3) is 3.55. The average Bonchev–Trinajstić information content (AvgIpc) is 2.86. The van der Waals surface area contributed by atoms with Gasteiger partial charge in [-0.2, -0.15) is 0 Å². The third-order valence-corrected chi connectivity index (χ3v) is 4.84. The lowest BCUT2D eigenvalue weighted by Gasteiger charge is -2.37. The van der Waals surface area contributed by atoms with Gasteiger partial charge in [0.15, 0.2) is 5.96 Å².